The topological polar surface area (TPSA) is 21.3 Å². The summed E-state index contributed by atoms with van der Waals surface area (Å²) < 4.78 is 7.16. The third-order valence-electron chi connectivity index (χ3n) is 3.07. The van der Waals surface area contributed by atoms with Crippen molar-refractivity contribution in [2.75, 3.05) is 7.05 Å². The lowest BCUT2D eigenvalue weighted by Crippen LogP contribution is -2.29. The van der Waals surface area contributed by atoms with E-state index in [9.17, 15) is 0 Å². The Morgan fingerprint density at radius 3 is 2.75 bits per heavy atom. The number of hydrogen-bond acceptors (Lipinski definition) is 3. The van der Waals surface area contributed by atoms with Crippen molar-refractivity contribution in [3.8, 4) is 0 Å². The van der Waals surface area contributed by atoms with Gasteiger partial charge in [0.2, 0.25) is 0 Å². The number of halogens is 1. The summed E-state index contributed by atoms with van der Waals surface area (Å²) in [7, 11) is 2.01. The molecule has 0 saturated carbocycles. The standard InChI is InChI=1S/C12H18BrNOS/c1-7-4-5-10(15-7)11(14-3)12-9(13)6-8(2)16-12/h6-7,10-11,14H,4-5H2,1-3H3. The number of hydrogen-bond donors (Lipinski definition) is 1. The summed E-state index contributed by atoms with van der Waals surface area (Å²) in [5.74, 6) is 0. The van der Waals surface area contributed by atoms with E-state index in [1.54, 1.807) is 0 Å². The number of aryl methyl sites for hydroxylation is 1. The van der Waals surface area contributed by atoms with E-state index in [1.165, 1.54) is 20.6 Å². The SMILES string of the molecule is CNC(c1sc(C)cc1Br)C1CCC(C)O1. The fourth-order valence-electron chi connectivity index (χ4n) is 2.28. The molecular weight excluding hydrogens is 286 g/mol. The van der Waals surface area contributed by atoms with Crippen molar-refractivity contribution in [1.82, 2.24) is 5.32 Å². The molecule has 3 atom stereocenters. The van der Waals surface area contributed by atoms with Crippen LogP contribution in [0.5, 0.6) is 0 Å². The first kappa shape index (κ1) is 12.6. The van der Waals surface area contributed by atoms with Crippen LogP contribution in [0.15, 0.2) is 10.5 Å². The summed E-state index contributed by atoms with van der Waals surface area (Å²) in [4.78, 5) is 2.70. The van der Waals surface area contributed by atoms with Crippen LogP contribution in [0.1, 0.15) is 35.6 Å². The molecule has 0 bridgehead atoms. The zero-order chi connectivity index (χ0) is 11.7. The van der Waals surface area contributed by atoms with Crippen LogP contribution in [0.3, 0.4) is 0 Å². The third kappa shape index (κ3) is 2.50. The molecule has 4 heteroatoms. The Hall–Kier alpha value is 0.1000. The second-order valence-corrected chi connectivity index (χ2v) is 6.54. The molecule has 0 spiro atoms. The summed E-state index contributed by atoms with van der Waals surface area (Å²) >= 11 is 5.48. The van der Waals surface area contributed by atoms with Gasteiger partial charge in [-0.25, -0.2) is 0 Å². The van der Waals surface area contributed by atoms with Crippen LogP contribution in [0.25, 0.3) is 0 Å². The Kier molecular flexibility index (Phi) is 4.06. The predicted molar refractivity (Wildman–Crippen MR) is 72.1 cm³/mol. The fraction of sp³-hybridized carbons (Fsp3) is 0.667. The minimum absolute atomic E-state index is 0.314. The molecule has 2 nitrogen and oxygen atoms in total. The van der Waals surface area contributed by atoms with E-state index < -0.39 is 0 Å². The Morgan fingerprint density at radius 2 is 2.31 bits per heavy atom. The van der Waals surface area contributed by atoms with Crippen molar-refractivity contribution in [2.45, 2.75) is 44.9 Å². The molecule has 0 amide bonds. The lowest BCUT2D eigenvalue weighted by atomic mass is 10.1. The largest absolute Gasteiger partial charge is 0.373 e. The lowest BCUT2D eigenvalue weighted by Gasteiger charge is -2.22. The van der Waals surface area contributed by atoms with E-state index in [-0.39, 0.29) is 0 Å². The van der Waals surface area contributed by atoms with Crippen LogP contribution < -0.4 is 5.32 Å². The predicted octanol–water partition coefficient (Wildman–Crippen LogP) is 3.65. The normalized spacial score (nSPS) is 27.2. The highest BCUT2D eigenvalue weighted by molar-refractivity contribution is 9.10. The molecule has 1 aromatic heterocycles. The Morgan fingerprint density at radius 1 is 1.56 bits per heavy atom. The summed E-state index contributed by atoms with van der Waals surface area (Å²) in [6, 6.07) is 2.50. The lowest BCUT2D eigenvalue weighted by molar-refractivity contribution is 0.0339. The highest BCUT2D eigenvalue weighted by Gasteiger charge is 2.31. The molecule has 1 N–H and O–H groups in total. The molecule has 0 radical (unpaired) electrons. The molecule has 90 valence electrons. The first-order chi connectivity index (χ1) is 7.61. The molecular formula is C12H18BrNOS. The number of nitrogens with one attached hydrogen (secondary N) is 1. The first-order valence-electron chi connectivity index (χ1n) is 5.70. The molecule has 1 saturated heterocycles. The molecule has 1 aromatic rings. The summed E-state index contributed by atoms with van der Waals surface area (Å²) in [6.45, 7) is 4.30. The van der Waals surface area contributed by atoms with Crippen LogP contribution in [-0.4, -0.2) is 19.3 Å². The summed E-state index contributed by atoms with van der Waals surface area (Å²) in [5, 5.41) is 3.39. The maximum atomic E-state index is 5.96. The van der Waals surface area contributed by atoms with Gasteiger partial charge in [0, 0.05) is 14.2 Å². The second kappa shape index (κ2) is 5.17. The Bertz CT molecular complexity index is 366. The quantitative estimate of drug-likeness (QED) is 0.920. The molecule has 0 aliphatic carbocycles. The Labute approximate surface area is 110 Å². The van der Waals surface area contributed by atoms with Gasteiger partial charge in [0.1, 0.15) is 0 Å². The van der Waals surface area contributed by atoms with Gasteiger partial charge >= 0.3 is 0 Å². The van der Waals surface area contributed by atoms with Gasteiger partial charge in [-0.05, 0) is 55.7 Å². The molecule has 3 unspecified atom stereocenters. The van der Waals surface area contributed by atoms with E-state index >= 15 is 0 Å². The van der Waals surface area contributed by atoms with E-state index in [0.717, 1.165) is 6.42 Å². The molecule has 0 aromatic carbocycles. The van der Waals surface area contributed by atoms with Gasteiger partial charge < -0.3 is 10.1 Å². The van der Waals surface area contributed by atoms with E-state index in [4.69, 9.17) is 4.74 Å². The average Bonchev–Trinajstić information content (AvgIpc) is 2.76. The van der Waals surface area contributed by atoms with Gasteiger partial charge in [0.05, 0.1) is 18.2 Å². The van der Waals surface area contributed by atoms with E-state index in [1.807, 2.05) is 18.4 Å². The van der Waals surface area contributed by atoms with Crippen LogP contribution in [0.4, 0.5) is 0 Å². The Balaban J connectivity index is 2.19. The third-order valence-corrected chi connectivity index (χ3v) is 5.12. The summed E-state index contributed by atoms with van der Waals surface area (Å²) in [5.41, 5.74) is 0. The zero-order valence-corrected chi connectivity index (χ0v) is 12.3. The van der Waals surface area contributed by atoms with Crippen molar-refractivity contribution < 1.29 is 4.74 Å². The number of likely N-dealkylation sites (N-methyl/N-ethyl adjacent to an activating group) is 1. The van der Waals surface area contributed by atoms with Gasteiger partial charge in [-0.2, -0.15) is 0 Å². The average molecular weight is 304 g/mol. The molecule has 2 rings (SSSR count). The van der Waals surface area contributed by atoms with Crippen LogP contribution in [0.2, 0.25) is 0 Å². The van der Waals surface area contributed by atoms with Gasteiger partial charge in [-0.15, -0.1) is 11.3 Å². The minimum Gasteiger partial charge on any atom is -0.373 e. The summed E-state index contributed by atoms with van der Waals surface area (Å²) in [6.07, 6.45) is 3.04. The highest BCUT2D eigenvalue weighted by atomic mass is 79.9. The van der Waals surface area contributed by atoms with Gasteiger partial charge in [0.25, 0.3) is 0 Å². The van der Waals surface area contributed by atoms with Crippen molar-refractivity contribution in [1.29, 1.82) is 0 Å². The van der Waals surface area contributed by atoms with E-state index in [2.05, 4.69) is 41.2 Å². The van der Waals surface area contributed by atoms with Gasteiger partial charge in [-0.1, -0.05) is 0 Å². The van der Waals surface area contributed by atoms with Crippen molar-refractivity contribution >= 4 is 27.3 Å². The molecule has 16 heavy (non-hydrogen) atoms. The van der Waals surface area contributed by atoms with Crippen molar-refractivity contribution in [3.05, 3.63) is 20.3 Å². The number of rotatable bonds is 3. The van der Waals surface area contributed by atoms with Crippen LogP contribution in [0, 0.1) is 6.92 Å². The zero-order valence-electron chi connectivity index (χ0n) is 9.92. The second-order valence-electron chi connectivity index (χ2n) is 4.40. The monoisotopic (exact) mass is 303 g/mol. The van der Waals surface area contributed by atoms with Crippen LogP contribution in [-0.2, 0) is 4.74 Å². The molecule has 2 heterocycles. The van der Waals surface area contributed by atoms with Crippen LogP contribution >= 0.6 is 27.3 Å². The maximum absolute atomic E-state index is 5.96. The van der Waals surface area contributed by atoms with Gasteiger partial charge in [-0.3, -0.25) is 0 Å². The minimum atomic E-state index is 0.314. The number of ether oxygens (including phenoxy) is 1. The molecule has 1 fully saturated rings. The number of thiophene rings is 1. The van der Waals surface area contributed by atoms with Gasteiger partial charge in [0.15, 0.2) is 0 Å². The fourth-order valence-corrected chi connectivity index (χ4v) is 4.34. The van der Waals surface area contributed by atoms with Crippen molar-refractivity contribution in [3.63, 3.8) is 0 Å². The maximum Gasteiger partial charge on any atom is 0.0782 e. The molecule has 1 aliphatic rings. The highest BCUT2D eigenvalue weighted by Crippen LogP contribution is 2.37. The first-order valence-corrected chi connectivity index (χ1v) is 7.31. The van der Waals surface area contributed by atoms with E-state index in [0.29, 0.717) is 18.2 Å². The molecule has 1 aliphatic heterocycles. The van der Waals surface area contributed by atoms with Crippen molar-refractivity contribution in [2.24, 2.45) is 0 Å². The smallest absolute Gasteiger partial charge is 0.0782 e.